The first-order chi connectivity index (χ1) is 9.99. The van der Waals surface area contributed by atoms with Crippen LogP contribution in [-0.2, 0) is 5.54 Å². The topological polar surface area (TPSA) is 25.2 Å². The summed E-state index contributed by atoms with van der Waals surface area (Å²) in [6.45, 7) is 5.83. The van der Waals surface area contributed by atoms with E-state index in [1.54, 1.807) is 12.3 Å². The summed E-state index contributed by atoms with van der Waals surface area (Å²) in [6.07, 6.45) is 5.72. The van der Waals surface area contributed by atoms with Crippen molar-refractivity contribution in [2.75, 3.05) is 0 Å². The average molecular weight is 280 g/mol. The van der Waals surface area contributed by atoms with Gasteiger partial charge in [-0.1, -0.05) is 18.2 Å². The fourth-order valence-corrected chi connectivity index (χ4v) is 2.72. The minimum absolute atomic E-state index is 0.226. The summed E-state index contributed by atoms with van der Waals surface area (Å²) in [5.74, 6) is -0.226. The molecule has 2 heterocycles. The Bertz CT molecular complexity index is 762. The number of halogens is 1. The quantitative estimate of drug-likeness (QED) is 0.798. The fourth-order valence-electron chi connectivity index (χ4n) is 2.72. The number of nitrogens with zero attached hydrogens (tertiary/aromatic N) is 2. The summed E-state index contributed by atoms with van der Waals surface area (Å²) in [5.41, 5.74) is 3.47. The van der Waals surface area contributed by atoms with E-state index in [-0.39, 0.29) is 5.82 Å². The molecule has 1 aliphatic heterocycles. The molecule has 106 valence electrons. The lowest BCUT2D eigenvalue weighted by atomic mass is 9.91. The lowest BCUT2D eigenvalue weighted by molar-refractivity contribution is 0.615. The van der Waals surface area contributed by atoms with Crippen LogP contribution in [0.1, 0.15) is 25.1 Å². The molecule has 0 saturated heterocycles. The lowest BCUT2D eigenvalue weighted by Crippen LogP contribution is -2.17. The number of pyridine rings is 1. The molecule has 2 nitrogen and oxygen atoms in total. The highest BCUT2D eigenvalue weighted by Gasteiger charge is 2.30. The number of hydrogen-bond donors (Lipinski definition) is 0. The van der Waals surface area contributed by atoms with Crippen LogP contribution in [0.3, 0.4) is 0 Å². The molecule has 0 saturated carbocycles. The Morgan fingerprint density at radius 3 is 2.57 bits per heavy atom. The number of aromatic nitrogens is 1. The number of rotatable bonds is 2. The van der Waals surface area contributed by atoms with Gasteiger partial charge in [0, 0.05) is 23.0 Å². The molecule has 0 N–H and O–H groups in total. The Hall–Kier alpha value is -2.29. The number of benzene rings is 1. The van der Waals surface area contributed by atoms with Crippen LogP contribution in [0, 0.1) is 12.7 Å². The van der Waals surface area contributed by atoms with Crippen LogP contribution in [-0.4, -0.2) is 10.7 Å². The summed E-state index contributed by atoms with van der Waals surface area (Å²) in [7, 11) is 0. The second kappa shape index (κ2) is 4.92. The standard InChI is InChI=1S/C18H17FN2/c1-12-6-7-14(16(19)11-12)15-5-4-10-20-17(15)18(3)9-8-13(2)21-18/h4-11H,1-3H3. The number of aliphatic imine (C=N–C) groups is 1. The van der Waals surface area contributed by atoms with Gasteiger partial charge in [0.05, 0.1) is 5.69 Å². The van der Waals surface area contributed by atoms with Gasteiger partial charge in [0.15, 0.2) is 0 Å². The Kier molecular flexibility index (Phi) is 3.20. The molecule has 1 atom stereocenters. The van der Waals surface area contributed by atoms with Crippen molar-refractivity contribution in [2.45, 2.75) is 26.3 Å². The van der Waals surface area contributed by atoms with E-state index >= 15 is 0 Å². The second-order valence-corrected chi connectivity index (χ2v) is 5.62. The molecule has 21 heavy (non-hydrogen) atoms. The molecule has 0 aliphatic carbocycles. The highest BCUT2D eigenvalue weighted by Crippen LogP contribution is 2.37. The fraction of sp³-hybridized carbons (Fsp3) is 0.222. The first-order valence-corrected chi connectivity index (χ1v) is 6.97. The Morgan fingerprint density at radius 1 is 1.10 bits per heavy atom. The van der Waals surface area contributed by atoms with E-state index in [0.717, 1.165) is 22.5 Å². The highest BCUT2D eigenvalue weighted by molar-refractivity contribution is 5.95. The highest BCUT2D eigenvalue weighted by atomic mass is 19.1. The summed E-state index contributed by atoms with van der Waals surface area (Å²) in [6, 6.07) is 9.00. The van der Waals surface area contributed by atoms with Gasteiger partial charge in [0.1, 0.15) is 11.4 Å². The molecule has 0 fully saturated rings. The molecule has 0 bridgehead atoms. The lowest BCUT2D eigenvalue weighted by Gasteiger charge is -2.21. The summed E-state index contributed by atoms with van der Waals surface area (Å²) < 4.78 is 14.3. The monoisotopic (exact) mass is 280 g/mol. The largest absolute Gasteiger partial charge is 0.273 e. The van der Waals surface area contributed by atoms with Gasteiger partial charge < -0.3 is 0 Å². The van der Waals surface area contributed by atoms with E-state index in [2.05, 4.69) is 9.98 Å². The molecule has 1 aromatic carbocycles. The van der Waals surface area contributed by atoms with Crippen molar-refractivity contribution in [3.05, 3.63) is 65.8 Å². The minimum atomic E-state index is -0.530. The summed E-state index contributed by atoms with van der Waals surface area (Å²) in [4.78, 5) is 9.13. The molecule has 3 rings (SSSR count). The van der Waals surface area contributed by atoms with E-state index < -0.39 is 5.54 Å². The van der Waals surface area contributed by atoms with Crippen molar-refractivity contribution in [1.29, 1.82) is 0 Å². The van der Waals surface area contributed by atoms with Gasteiger partial charge in [-0.15, -0.1) is 0 Å². The van der Waals surface area contributed by atoms with Crippen LogP contribution >= 0.6 is 0 Å². The first kappa shape index (κ1) is 13.7. The zero-order valence-electron chi connectivity index (χ0n) is 12.4. The number of allylic oxidation sites excluding steroid dienone is 1. The Balaban J connectivity index is 2.20. The smallest absolute Gasteiger partial charge is 0.131 e. The molecule has 0 amide bonds. The van der Waals surface area contributed by atoms with Gasteiger partial charge in [0.25, 0.3) is 0 Å². The molecular formula is C18H17FN2. The van der Waals surface area contributed by atoms with E-state index in [1.807, 2.05) is 57.2 Å². The van der Waals surface area contributed by atoms with Crippen LogP contribution in [0.4, 0.5) is 4.39 Å². The van der Waals surface area contributed by atoms with Crippen LogP contribution in [0.25, 0.3) is 11.1 Å². The predicted octanol–water partition coefficient (Wildman–Crippen LogP) is 4.44. The van der Waals surface area contributed by atoms with Crippen molar-refractivity contribution in [3.63, 3.8) is 0 Å². The number of hydrogen-bond acceptors (Lipinski definition) is 2. The SMILES string of the molecule is CC1=NC(C)(c2ncccc2-c2ccc(C)cc2F)C=C1. The predicted molar refractivity (Wildman–Crippen MR) is 84.0 cm³/mol. The van der Waals surface area contributed by atoms with Crippen molar-refractivity contribution in [2.24, 2.45) is 4.99 Å². The summed E-state index contributed by atoms with van der Waals surface area (Å²) in [5, 5.41) is 0. The van der Waals surface area contributed by atoms with Crippen LogP contribution in [0.5, 0.6) is 0 Å². The third kappa shape index (κ3) is 2.40. The second-order valence-electron chi connectivity index (χ2n) is 5.62. The maximum Gasteiger partial charge on any atom is 0.131 e. The van der Waals surface area contributed by atoms with E-state index in [9.17, 15) is 4.39 Å². The van der Waals surface area contributed by atoms with Gasteiger partial charge in [0.2, 0.25) is 0 Å². The third-order valence-corrected chi connectivity index (χ3v) is 3.76. The molecule has 2 aromatic rings. The van der Waals surface area contributed by atoms with Crippen molar-refractivity contribution < 1.29 is 4.39 Å². The van der Waals surface area contributed by atoms with Gasteiger partial charge in [-0.3, -0.25) is 9.98 Å². The molecule has 1 aliphatic rings. The zero-order chi connectivity index (χ0) is 15.0. The molecule has 3 heteroatoms. The van der Waals surface area contributed by atoms with Gasteiger partial charge in [-0.05, 0) is 50.6 Å². The Morgan fingerprint density at radius 2 is 1.90 bits per heavy atom. The zero-order valence-corrected chi connectivity index (χ0v) is 12.4. The average Bonchev–Trinajstić information content (AvgIpc) is 2.80. The maximum absolute atomic E-state index is 14.3. The summed E-state index contributed by atoms with van der Waals surface area (Å²) >= 11 is 0. The molecule has 1 unspecified atom stereocenters. The number of aryl methyl sites for hydroxylation is 1. The normalized spacial score (nSPS) is 20.7. The van der Waals surface area contributed by atoms with Crippen molar-refractivity contribution in [1.82, 2.24) is 4.98 Å². The van der Waals surface area contributed by atoms with Crippen molar-refractivity contribution >= 4 is 5.71 Å². The van der Waals surface area contributed by atoms with Gasteiger partial charge >= 0.3 is 0 Å². The van der Waals surface area contributed by atoms with E-state index in [0.29, 0.717) is 5.56 Å². The van der Waals surface area contributed by atoms with Gasteiger partial charge in [-0.2, -0.15) is 0 Å². The van der Waals surface area contributed by atoms with Crippen LogP contribution in [0.15, 0.2) is 53.7 Å². The Labute approximate surface area is 124 Å². The third-order valence-electron chi connectivity index (χ3n) is 3.76. The molecule has 1 aromatic heterocycles. The van der Waals surface area contributed by atoms with Crippen LogP contribution in [0.2, 0.25) is 0 Å². The molecule has 0 spiro atoms. The minimum Gasteiger partial charge on any atom is -0.273 e. The van der Waals surface area contributed by atoms with Crippen LogP contribution < -0.4 is 0 Å². The van der Waals surface area contributed by atoms with E-state index in [4.69, 9.17) is 0 Å². The first-order valence-electron chi connectivity index (χ1n) is 6.97. The van der Waals surface area contributed by atoms with Gasteiger partial charge in [-0.25, -0.2) is 4.39 Å². The molecular weight excluding hydrogens is 263 g/mol. The van der Waals surface area contributed by atoms with Crippen molar-refractivity contribution in [3.8, 4) is 11.1 Å². The maximum atomic E-state index is 14.3. The van der Waals surface area contributed by atoms with E-state index in [1.165, 1.54) is 0 Å². The molecule has 0 radical (unpaired) electrons.